The summed E-state index contributed by atoms with van der Waals surface area (Å²) >= 11 is 0. The lowest BCUT2D eigenvalue weighted by Gasteiger charge is -2.02. The fraction of sp³-hybridized carbons (Fsp3) is 0.357. The van der Waals surface area contributed by atoms with Crippen molar-refractivity contribution in [1.82, 2.24) is 0 Å². The zero-order valence-corrected chi connectivity index (χ0v) is 11.7. The molecule has 0 heterocycles. The highest BCUT2D eigenvalue weighted by Gasteiger charge is 2.13. The van der Waals surface area contributed by atoms with Gasteiger partial charge in [-0.2, -0.15) is 0 Å². The number of carbonyl (C=O) groups is 3. The molecule has 0 saturated carbocycles. The number of aliphatic carboxylic acids is 2. The molecule has 6 nitrogen and oxygen atoms in total. The average molecular weight is 282 g/mol. The number of allylic oxidation sites excluding steroid dienone is 2. The second-order valence-corrected chi connectivity index (χ2v) is 3.77. The van der Waals surface area contributed by atoms with E-state index in [4.69, 9.17) is 14.9 Å². The first-order valence-corrected chi connectivity index (χ1v) is 6.06. The average Bonchev–Trinajstić information content (AvgIpc) is 2.37. The van der Waals surface area contributed by atoms with Crippen molar-refractivity contribution >= 4 is 17.9 Å². The summed E-state index contributed by atoms with van der Waals surface area (Å²) in [4.78, 5) is 33.2. The van der Waals surface area contributed by atoms with Gasteiger partial charge in [0.25, 0.3) is 0 Å². The van der Waals surface area contributed by atoms with Gasteiger partial charge in [-0.05, 0) is 26.3 Å². The molecule has 0 rings (SSSR count). The second-order valence-electron chi connectivity index (χ2n) is 3.77. The summed E-state index contributed by atoms with van der Waals surface area (Å²) in [5, 5.41) is 17.7. The predicted octanol–water partition coefficient (Wildman–Crippen LogP) is 1.93. The summed E-state index contributed by atoms with van der Waals surface area (Å²) in [6.07, 6.45) is 4.30. The van der Waals surface area contributed by atoms with Gasteiger partial charge in [-0.3, -0.25) is 0 Å². The lowest BCUT2D eigenvalue weighted by Crippen LogP contribution is -2.08. The van der Waals surface area contributed by atoms with E-state index in [1.807, 2.05) is 0 Å². The van der Waals surface area contributed by atoms with Gasteiger partial charge in [-0.15, -0.1) is 0 Å². The quantitative estimate of drug-likeness (QED) is 0.420. The minimum atomic E-state index is -1.34. The minimum Gasteiger partial charge on any atom is -0.478 e. The van der Waals surface area contributed by atoms with Crippen LogP contribution < -0.4 is 0 Å². The van der Waals surface area contributed by atoms with Crippen molar-refractivity contribution in [2.75, 3.05) is 6.61 Å². The number of ether oxygens (including phenoxy) is 1. The summed E-state index contributed by atoms with van der Waals surface area (Å²) in [7, 11) is 0. The Morgan fingerprint density at radius 1 is 1.10 bits per heavy atom. The van der Waals surface area contributed by atoms with E-state index < -0.39 is 17.9 Å². The number of carboxylic acids is 2. The highest BCUT2D eigenvalue weighted by molar-refractivity contribution is 6.00. The van der Waals surface area contributed by atoms with Crippen LogP contribution in [0.2, 0.25) is 0 Å². The molecule has 0 radical (unpaired) electrons. The van der Waals surface area contributed by atoms with Gasteiger partial charge in [-0.1, -0.05) is 19.1 Å². The normalized spacial score (nSPS) is 13.1. The molecule has 0 aromatic heterocycles. The van der Waals surface area contributed by atoms with Crippen LogP contribution in [0, 0.1) is 0 Å². The van der Waals surface area contributed by atoms with E-state index in [9.17, 15) is 14.4 Å². The predicted molar refractivity (Wildman–Crippen MR) is 72.1 cm³/mol. The Balaban J connectivity index is 5.25. The number of carbonyl (C=O) groups excluding carboxylic acids is 1. The molecule has 0 aromatic carbocycles. The van der Waals surface area contributed by atoms with Crippen LogP contribution in [0.5, 0.6) is 0 Å². The zero-order chi connectivity index (χ0) is 15.7. The first-order chi connectivity index (χ1) is 9.34. The molecule has 0 bridgehead atoms. The smallest absolute Gasteiger partial charge is 0.336 e. The van der Waals surface area contributed by atoms with E-state index in [0.29, 0.717) is 12.0 Å². The number of esters is 1. The summed E-state index contributed by atoms with van der Waals surface area (Å²) in [6, 6.07) is 0. The Labute approximate surface area is 117 Å². The molecule has 0 unspecified atom stereocenters. The highest BCUT2D eigenvalue weighted by atomic mass is 16.5. The molecule has 0 spiro atoms. The van der Waals surface area contributed by atoms with Gasteiger partial charge >= 0.3 is 17.9 Å². The number of rotatable bonds is 7. The number of hydrogen-bond acceptors (Lipinski definition) is 4. The molecule has 0 aliphatic heterocycles. The fourth-order valence-corrected chi connectivity index (χ4v) is 1.29. The third kappa shape index (κ3) is 5.51. The molecular formula is C14H18O6. The van der Waals surface area contributed by atoms with E-state index in [2.05, 4.69) is 0 Å². The zero-order valence-electron chi connectivity index (χ0n) is 11.7. The Morgan fingerprint density at radius 3 is 2.10 bits per heavy atom. The van der Waals surface area contributed by atoms with Crippen molar-refractivity contribution in [3.8, 4) is 0 Å². The van der Waals surface area contributed by atoms with Crippen LogP contribution in [0.3, 0.4) is 0 Å². The molecular weight excluding hydrogens is 264 g/mol. The molecule has 0 aromatic rings. The van der Waals surface area contributed by atoms with E-state index in [1.165, 1.54) is 19.1 Å². The van der Waals surface area contributed by atoms with Crippen LogP contribution in [0.4, 0.5) is 0 Å². The monoisotopic (exact) mass is 282 g/mol. The molecule has 0 aliphatic carbocycles. The highest BCUT2D eigenvalue weighted by Crippen LogP contribution is 2.09. The van der Waals surface area contributed by atoms with Crippen LogP contribution in [0.1, 0.15) is 27.2 Å². The van der Waals surface area contributed by atoms with Crippen molar-refractivity contribution in [2.45, 2.75) is 27.2 Å². The molecule has 20 heavy (non-hydrogen) atoms. The van der Waals surface area contributed by atoms with Crippen molar-refractivity contribution in [3.05, 3.63) is 34.9 Å². The molecule has 0 fully saturated rings. The second kappa shape index (κ2) is 8.68. The summed E-state index contributed by atoms with van der Waals surface area (Å²) in [5.74, 6) is -3.13. The van der Waals surface area contributed by atoms with Gasteiger partial charge in [0.15, 0.2) is 0 Å². The van der Waals surface area contributed by atoms with Crippen LogP contribution in [-0.4, -0.2) is 34.7 Å². The Kier molecular flexibility index (Phi) is 7.65. The van der Waals surface area contributed by atoms with Gasteiger partial charge < -0.3 is 14.9 Å². The van der Waals surface area contributed by atoms with Gasteiger partial charge in [0.05, 0.1) is 12.2 Å². The van der Waals surface area contributed by atoms with Crippen molar-refractivity contribution in [1.29, 1.82) is 0 Å². The maximum absolute atomic E-state index is 11.5. The lowest BCUT2D eigenvalue weighted by molar-refractivity contribution is -0.138. The summed E-state index contributed by atoms with van der Waals surface area (Å²) in [6.45, 7) is 4.89. The van der Waals surface area contributed by atoms with Gasteiger partial charge in [0.2, 0.25) is 0 Å². The van der Waals surface area contributed by atoms with E-state index in [0.717, 1.165) is 6.08 Å². The Bertz CT molecular complexity index is 482. The standard InChI is InChI=1S/C14H18O6/c1-4-10(14(19)20-5-2)7-6-8-11(13(17)18)9(3)12(15)16/h6-8H,4-5H2,1-3H3,(H,15,16)(H,17,18)/b8-6+,10-7+,11-9-. The van der Waals surface area contributed by atoms with Crippen LogP contribution in [-0.2, 0) is 19.1 Å². The molecule has 0 aliphatic rings. The van der Waals surface area contributed by atoms with E-state index >= 15 is 0 Å². The van der Waals surface area contributed by atoms with E-state index in [-0.39, 0.29) is 17.8 Å². The minimum absolute atomic E-state index is 0.248. The van der Waals surface area contributed by atoms with E-state index in [1.54, 1.807) is 13.8 Å². The van der Waals surface area contributed by atoms with Gasteiger partial charge in [-0.25, -0.2) is 14.4 Å². The largest absolute Gasteiger partial charge is 0.478 e. The topological polar surface area (TPSA) is 101 Å². The molecule has 6 heteroatoms. The van der Waals surface area contributed by atoms with Crippen molar-refractivity contribution < 1.29 is 29.3 Å². The molecule has 0 saturated heterocycles. The Morgan fingerprint density at radius 2 is 1.70 bits per heavy atom. The molecule has 2 N–H and O–H groups in total. The van der Waals surface area contributed by atoms with Crippen LogP contribution in [0.25, 0.3) is 0 Å². The Hall–Kier alpha value is -2.37. The summed E-state index contributed by atoms with van der Waals surface area (Å²) < 4.78 is 4.82. The van der Waals surface area contributed by atoms with Crippen molar-refractivity contribution in [2.24, 2.45) is 0 Å². The molecule has 0 amide bonds. The lowest BCUT2D eigenvalue weighted by atomic mass is 10.1. The number of hydrogen-bond donors (Lipinski definition) is 2. The molecule has 110 valence electrons. The fourth-order valence-electron chi connectivity index (χ4n) is 1.29. The SMILES string of the molecule is CCOC(=O)/C(=C/C=C/C(C(=O)O)=C(\C)C(=O)O)CC. The maximum atomic E-state index is 11.5. The first kappa shape index (κ1) is 17.6. The first-order valence-electron chi connectivity index (χ1n) is 6.06. The van der Waals surface area contributed by atoms with Gasteiger partial charge in [0.1, 0.15) is 0 Å². The van der Waals surface area contributed by atoms with Crippen LogP contribution in [0.15, 0.2) is 34.9 Å². The maximum Gasteiger partial charge on any atom is 0.336 e. The van der Waals surface area contributed by atoms with Gasteiger partial charge in [0, 0.05) is 11.1 Å². The van der Waals surface area contributed by atoms with Crippen LogP contribution >= 0.6 is 0 Å². The summed E-state index contributed by atoms with van der Waals surface area (Å²) in [5.41, 5.74) is -0.245. The molecule has 0 atom stereocenters. The third-order valence-electron chi connectivity index (χ3n) is 2.43. The third-order valence-corrected chi connectivity index (χ3v) is 2.43. The number of carboxylic acid groups (broad SMARTS) is 2. The van der Waals surface area contributed by atoms with Crippen molar-refractivity contribution in [3.63, 3.8) is 0 Å².